The third kappa shape index (κ3) is 2.73. The Morgan fingerprint density at radius 2 is 1.91 bits per heavy atom. The molecule has 23 heavy (non-hydrogen) atoms. The summed E-state index contributed by atoms with van der Waals surface area (Å²) in [5.41, 5.74) is 2.03. The predicted octanol–water partition coefficient (Wildman–Crippen LogP) is 3.10. The minimum Gasteiger partial charge on any atom is -0.326 e. The molecule has 2 heterocycles. The molecule has 0 fully saturated rings. The van der Waals surface area contributed by atoms with Gasteiger partial charge in [-0.15, -0.1) is 0 Å². The molecule has 1 aliphatic heterocycles. The van der Waals surface area contributed by atoms with Gasteiger partial charge in [-0.05, 0) is 6.92 Å². The van der Waals surface area contributed by atoms with Gasteiger partial charge in [-0.1, -0.05) is 54.6 Å². The summed E-state index contributed by atoms with van der Waals surface area (Å²) >= 11 is 0. The van der Waals surface area contributed by atoms with E-state index in [-0.39, 0.29) is 12.0 Å². The summed E-state index contributed by atoms with van der Waals surface area (Å²) in [5.74, 6) is 2.51. The van der Waals surface area contributed by atoms with Crippen LogP contribution in [0.4, 0.5) is 5.82 Å². The smallest absolute Gasteiger partial charge is 0.157 e. The molecule has 5 heteroatoms. The van der Waals surface area contributed by atoms with Gasteiger partial charge in [-0.2, -0.15) is 5.10 Å². The second-order valence-corrected chi connectivity index (χ2v) is 5.66. The average Bonchev–Trinajstić information content (AvgIpc) is 3.00. The van der Waals surface area contributed by atoms with Crippen molar-refractivity contribution in [2.75, 3.05) is 5.32 Å². The number of rotatable bonds is 2. The Balaban J connectivity index is 1.71. The Kier molecular flexibility index (Phi) is 3.38. The molecule has 0 amide bonds. The van der Waals surface area contributed by atoms with Crippen LogP contribution in [0.25, 0.3) is 0 Å². The van der Waals surface area contributed by atoms with Crippen molar-refractivity contribution in [2.45, 2.75) is 13.0 Å². The summed E-state index contributed by atoms with van der Waals surface area (Å²) in [6.45, 7) is 1.98. The van der Waals surface area contributed by atoms with Crippen molar-refractivity contribution < 1.29 is 0 Å². The van der Waals surface area contributed by atoms with Gasteiger partial charge in [0.25, 0.3) is 0 Å². The molecule has 0 radical (unpaired) electrons. The first-order chi connectivity index (χ1) is 11.3. The Morgan fingerprint density at radius 1 is 1.09 bits per heavy atom. The number of aromatic nitrogens is 2. The van der Waals surface area contributed by atoms with Gasteiger partial charge in [0.05, 0.1) is 12.0 Å². The van der Waals surface area contributed by atoms with E-state index in [0.29, 0.717) is 0 Å². The van der Waals surface area contributed by atoms with Gasteiger partial charge in [0.15, 0.2) is 11.7 Å². The fourth-order valence-electron chi connectivity index (χ4n) is 2.78. The van der Waals surface area contributed by atoms with Gasteiger partial charge in [0.1, 0.15) is 5.84 Å². The Labute approximate surface area is 134 Å². The number of anilines is 1. The summed E-state index contributed by atoms with van der Waals surface area (Å²) < 4.78 is 0. The van der Waals surface area contributed by atoms with E-state index in [1.54, 1.807) is 0 Å². The maximum Gasteiger partial charge on any atom is 0.157 e. The number of hydrogen-bond acceptors (Lipinski definition) is 4. The van der Waals surface area contributed by atoms with Crippen LogP contribution in [0.3, 0.4) is 0 Å². The zero-order valence-electron chi connectivity index (χ0n) is 12.8. The number of nitrogens with zero attached hydrogens (tertiary/aromatic N) is 3. The molecule has 2 aliphatic rings. The molecule has 4 rings (SSSR count). The quantitative estimate of drug-likeness (QED) is 0.895. The third-order valence-corrected chi connectivity index (χ3v) is 3.91. The van der Waals surface area contributed by atoms with Crippen LogP contribution in [0.1, 0.15) is 11.3 Å². The van der Waals surface area contributed by atoms with E-state index in [2.05, 4.69) is 27.7 Å². The Hall–Kier alpha value is -2.95. The number of nitrogens with one attached hydrogen (secondary N) is 2. The monoisotopic (exact) mass is 303 g/mol. The molecule has 1 aliphatic carbocycles. The third-order valence-electron chi connectivity index (χ3n) is 3.91. The lowest BCUT2D eigenvalue weighted by atomic mass is 9.92. The zero-order chi connectivity index (χ0) is 15.6. The maximum atomic E-state index is 4.79. The van der Waals surface area contributed by atoms with Crippen molar-refractivity contribution in [3.63, 3.8) is 0 Å². The summed E-state index contributed by atoms with van der Waals surface area (Å²) in [6.07, 6.45) is 8.31. The molecule has 114 valence electrons. The van der Waals surface area contributed by atoms with E-state index < -0.39 is 0 Å². The zero-order valence-corrected chi connectivity index (χ0v) is 12.8. The largest absolute Gasteiger partial charge is 0.326 e. The van der Waals surface area contributed by atoms with Gasteiger partial charge in [0, 0.05) is 17.3 Å². The molecule has 1 aromatic carbocycles. The molecule has 2 atom stereocenters. The second kappa shape index (κ2) is 5.68. The van der Waals surface area contributed by atoms with Crippen molar-refractivity contribution in [2.24, 2.45) is 15.9 Å². The normalized spacial score (nSPS) is 22.3. The van der Waals surface area contributed by atoms with Crippen LogP contribution in [-0.4, -0.2) is 27.9 Å². The Morgan fingerprint density at radius 3 is 2.70 bits per heavy atom. The predicted molar refractivity (Wildman–Crippen MR) is 92.9 cm³/mol. The highest BCUT2D eigenvalue weighted by Gasteiger charge is 2.29. The van der Waals surface area contributed by atoms with E-state index >= 15 is 0 Å². The van der Waals surface area contributed by atoms with E-state index in [9.17, 15) is 0 Å². The van der Waals surface area contributed by atoms with Crippen LogP contribution in [0.15, 0.2) is 70.7 Å². The summed E-state index contributed by atoms with van der Waals surface area (Å²) in [5, 5.41) is 10.5. The van der Waals surface area contributed by atoms with E-state index in [1.807, 2.05) is 55.5 Å². The molecule has 2 unspecified atom stereocenters. The SMILES string of the molecule is Cc1cc(NC2=NC(c3ccccc3)=NC3C=CC=CC23)n[nH]1. The number of hydrogen-bond donors (Lipinski definition) is 2. The van der Waals surface area contributed by atoms with Crippen LogP contribution < -0.4 is 5.32 Å². The van der Waals surface area contributed by atoms with Crippen LogP contribution in [0.2, 0.25) is 0 Å². The molecule has 0 spiro atoms. The number of allylic oxidation sites excluding steroid dienone is 2. The van der Waals surface area contributed by atoms with E-state index in [1.165, 1.54) is 0 Å². The lowest BCUT2D eigenvalue weighted by Crippen LogP contribution is -2.35. The summed E-state index contributed by atoms with van der Waals surface area (Å²) in [6, 6.07) is 12.1. The number of benzene rings is 1. The molecule has 5 nitrogen and oxygen atoms in total. The molecule has 2 aromatic rings. The first kappa shape index (κ1) is 13.7. The second-order valence-electron chi connectivity index (χ2n) is 5.66. The number of aromatic amines is 1. The summed E-state index contributed by atoms with van der Waals surface area (Å²) in [4.78, 5) is 9.55. The van der Waals surface area contributed by atoms with E-state index in [0.717, 1.165) is 28.7 Å². The lowest BCUT2D eigenvalue weighted by Gasteiger charge is -2.27. The first-order valence-corrected chi connectivity index (χ1v) is 7.65. The van der Waals surface area contributed by atoms with Crippen molar-refractivity contribution in [1.29, 1.82) is 0 Å². The fraction of sp³-hybridized carbons (Fsp3) is 0.167. The topological polar surface area (TPSA) is 65.4 Å². The number of fused-ring (bicyclic) bond motifs is 1. The number of amidine groups is 2. The molecular weight excluding hydrogens is 286 g/mol. The molecule has 2 N–H and O–H groups in total. The van der Waals surface area contributed by atoms with Crippen LogP contribution >= 0.6 is 0 Å². The standard InChI is InChI=1S/C18H17N5/c1-12-11-16(23-22-12)20-18-14-9-5-6-10-15(14)19-17(21-18)13-7-3-2-4-8-13/h2-11,14-15H,1H3,(H2,19,20,21,22,23). The first-order valence-electron chi connectivity index (χ1n) is 7.65. The average molecular weight is 303 g/mol. The van der Waals surface area contributed by atoms with Crippen LogP contribution in [0, 0.1) is 12.8 Å². The van der Waals surface area contributed by atoms with Gasteiger partial charge in [0.2, 0.25) is 0 Å². The van der Waals surface area contributed by atoms with Crippen molar-refractivity contribution in [1.82, 2.24) is 10.2 Å². The highest BCUT2D eigenvalue weighted by molar-refractivity contribution is 6.13. The lowest BCUT2D eigenvalue weighted by molar-refractivity contribution is 0.707. The Bertz CT molecular complexity index is 826. The van der Waals surface area contributed by atoms with Gasteiger partial charge < -0.3 is 5.32 Å². The molecular formula is C18H17N5. The number of aryl methyl sites for hydroxylation is 1. The highest BCUT2D eigenvalue weighted by Crippen LogP contribution is 2.24. The minimum atomic E-state index is 0.0650. The van der Waals surface area contributed by atoms with E-state index in [4.69, 9.17) is 9.98 Å². The van der Waals surface area contributed by atoms with Crippen LogP contribution in [0.5, 0.6) is 0 Å². The van der Waals surface area contributed by atoms with Gasteiger partial charge >= 0.3 is 0 Å². The number of aliphatic imine (C=N–C) groups is 2. The van der Waals surface area contributed by atoms with Crippen molar-refractivity contribution in [3.05, 3.63) is 72.0 Å². The molecule has 0 bridgehead atoms. The highest BCUT2D eigenvalue weighted by atomic mass is 15.2. The molecule has 1 aromatic heterocycles. The van der Waals surface area contributed by atoms with Gasteiger partial charge in [-0.25, -0.2) is 4.99 Å². The maximum absolute atomic E-state index is 4.79. The number of H-pyrrole nitrogens is 1. The van der Waals surface area contributed by atoms with Crippen LogP contribution in [-0.2, 0) is 0 Å². The molecule has 0 saturated heterocycles. The summed E-state index contributed by atoms with van der Waals surface area (Å²) in [7, 11) is 0. The fourth-order valence-corrected chi connectivity index (χ4v) is 2.78. The van der Waals surface area contributed by atoms with Crippen molar-refractivity contribution >= 4 is 17.5 Å². The van der Waals surface area contributed by atoms with Crippen molar-refractivity contribution in [3.8, 4) is 0 Å². The molecule has 0 saturated carbocycles. The minimum absolute atomic E-state index is 0.0650. The van der Waals surface area contributed by atoms with Gasteiger partial charge in [-0.3, -0.25) is 10.1 Å².